The molecule has 3 rings (SSSR count). The third-order valence-electron chi connectivity index (χ3n) is 3.82. The lowest BCUT2D eigenvalue weighted by molar-refractivity contribution is -0.116. The number of benzene rings is 2. The van der Waals surface area contributed by atoms with Crippen molar-refractivity contribution < 1.29 is 4.79 Å². The summed E-state index contributed by atoms with van der Waals surface area (Å²) in [5.74, 6) is 0.433. The van der Waals surface area contributed by atoms with Crippen molar-refractivity contribution >= 4 is 23.5 Å². The highest BCUT2D eigenvalue weighted by molar-refractivity contribution is 6.12. The second-order valence-electron chi connectivity index (χ2n) is 5.58. The molecule has 0 N–H and O–H groups in total. The van der Waals surface area contributed by atoms with E-state index in [4.69, 9.17) is 0 Å². The van der Waals surface area contributed by atoms with Gasteiger partial charge in [0.15, 0.2) is 0 Å². The van der Waals surface area contributed by atoms with E-state index in [-0.39, 0.29) is 5.91 Å². The molecule has 4 heteroatoms. The number of amides is 1. The number of aliphatic imine (C=N–C) groups is 1. The Morgan fingerprint density at radius 1 is 0.957 bits per heavy atom. The van der Waals surface area contributed by atoms with Gasteiger partial charge in [-0.2, -0.15) is 4.99 Å². The first-order valence-electron chi connectivity index (χ1n) is 7.53. The maximum absolute atomic E-state index is 12.3. The quantitative estimate of drug-likeness (QED) is 0.795. The van der Waals surface area contributed by atoms with Crippen LogP contribution in [0.25, 0.3) is 6.08 Å². The number of likely N-dealkylation sites (N-methyl/N-ethyl adjacent to an activating group) is 1. The highest BCUT2D eigenvalue weighted by atomic mass is 16.2. The summed E-state index contributed by atoms with van der Waals surface area (Å²) in [5.41, 5.74) is 3.69. The lowest BCUT2D eigenvalue weighted by Gasteiger charge is -2.38. The van der Waals surface area contributed by atoms with Crippen LogP contribution in [0.5, 0.6) is 0 Å². The molecule has 0 radical (unpaired) electrons. The molecular weight excluding hydrogens is 286 g/mol. The van der Waals surface area contributed by atoms with Crippen LogP contribution in [-0.4, -0.2) is 23.8 Å². The van der Waals surface area contributed by atoms with E-state index < -0.39 is 0 Å². The van der Waals surface area contributed by atoms with Crippen molar-refractivity contribution in [3.05, 3.63) is 71.4 Å². The highest BCUT2D eigenvalue weighted by Crippen LogP contribution is 2.24. The van der Waals surface area contributed by atoms with Crippen molar-refractivity contribution in [3.8, 4) is 0 Å². The van der Waals surface area contributed by atoms with E-state index in [1.54, 1.807) is 0 Å². The van der Waals surface area contributed by atoms with Gasteiger partial charge in [0.1, 0.15) is 11.5 Å². The third-order valence-corrected chi connectivity index (χ3v) is 3.82. The molecule has 0 unspecified atom stereocenters. The highest BCUT2D eigenvalue weighted by Gasteiger charge is 2.27. The molecular formula is C19H19N3O. The van der Waals surface area contributed by atoms with Gasteiger partial charge in [-0.1, -0.05) is 48.0 Å². The SMILES string of the molecule is CC1=NC(=O)/C(=C\c2ccc(C)cc2)N(C)N1c1ccccc1. The third kappa shape index (κ3) is 3.01. The molecule has 0 saturated carbocycles. The topological polar surface area (TPSA) is 35.9 Å². The van der Waals surface area contributed by atoms with Crippen molar-refractivity contribution in [2.45, 2.75) is 13.8 Å². The number of hydrogen-bond acceptors (Lipinski definition) is 3. The number of hydrogen-bond donors (Lipinski definition) is 0. The van der Waals surface area contributed by atoms with E-state index in [9.17, 15) is 4.79 Å². The molecule has 2 aromatic carbocycles. The van der Waals surface area contributed by atoms with E-state index in [0.29, 0.717) is 11.5 Å². The van der Waals surface area contributed by atoms with Crippen molar-refractivity contribution in [1.82, 2.24) is 5.01 Å². The number of anilines is 1. The standard InChI is InChI=1S/C19H19N3O/c1-14-9-11-16(12-10-14)13-18-19(23)20-15(2)22(21(18)3)17-7-5-4-6-8-17/h4-13H,1-3H3/b18-13+. The minimum Gasteiger partial charge on any atom is -0.277 e. The number of aryl methyl sites for hydroxylation is 1. The minimum absolute atomic E-state index is 0.224. The average molecular weight is 305 g/mol. The van der Waals surface area contributed by atoms with E-state index in [1.165, 1.54) is 5.56 Å². The Bertz CT molecular complexity index is 776. The first-order chi connectivity index (χ1) is 11.1. The van der Waals surface area contributed by atoms with Crippen LogP contribution in [0.4, 0.5) is 5.69 Å². The van der Waals surface area contributed by atoms with Crippen molar-refractivity contribution in [3.63, 3.8) is 0 Å². The Morgan fingerprint density at radius 2 is 1.61 bits per heavy atom. The Labute approximate surface area is 136 Å². The van der Waals surface area contributed by atoms with Gasteiger partial charge in [0.05, 0.1) is 5.69 Å². The van der Waals surface area contributed by atoms with Crippen LogP contribution in [-0.2, 0) is 4.79 Å². The lowest BCUT2D eigenvalue weighted by atomic mass is 10.1. The van der Waals surface area contributed by atoms with Crippen LogP contribution in [0, 0.1) is 6.92 Å². The summed E-state index contributed by atoms with van der Waals surface area (Å²) >= 11 is 0. The molecule has 23 heavy (non-hydrogen) atoms. The van der Waals surface area contributed by atoms with Crippen LogP contribution < -0.4 is 5.01 Å². The maximum Gasteiger partial charge on any atom is 0.296 e. The Kier molecular flexibility index (Phi) is 3.98. The normalized spacial score (nSPS) is 16.7. The summed E-state index contributed by atoms with van der Waals surface area (Å²) in [6.07, 6.45) is 1.87. The van der Waals surface area contributed by atoms with E-state index in [0.717, 1.165) is 11.3 Å². The first kappa shape index (κ1) is 15.0. The molecule has 1 amide bonds. The van der Waals surface area contributed by atoms with Crippen LogP contribution >= 0.6 is 0 Å². The summed E-state index contributed by atoms with van der Waals surface area (Å²) in [4.78, 5) is 16.5. The minimum atomic E-state index is -0.224. The fourth-order valence-corrected chi connectivity index (χ4v) is 2.62. The summed E-state index contributed by atoms with van der Waals surface area (Å²) in [6, 6.07) is 18.0. The first-order valence-corrected chi connectivity index (χ1v) is 7.53. The molecule has 0 aliphatic carbocycles. The number of carbonyl (C=O) groups excluding carboxylic acids is 1. The number of rotatable bonds is 2. The monoisotopic (exact) mass is 305 g/mol. The van der Waals surface area contributed by atoms with Gasteiger partial charge >= 0.3 is 0 Å². The van der Waals surface area contributed by atoms with Gasteiger partial charge < -0.3 is 0 Å². The Hall–Kier alpha value is -2.88. The second kappa shape index (κ2) is 6.08. The van der Waals surface area contributed by atoms with Crippen LogP contribution in [0.2, 0.25) is 0 Å². The van der Waals surface area contributed by atoms with E-state index in [2.05, 4.69) is 4.99 Å². The Morgan fingerprint density at radius 3 is 2.26 bits per heavy atom. The average Bonchev–Trinajstić information content (AvgIpc) is 2.54. The molecule has 1 aliphatic rings. The molecule has 0 spiro atoms. The molecule has 0 fully saturated rings. The zero-order chi connectivity index (χ0) is 16.4. The van der Waals surface area contributed by atoms with Gasteiger partial charge in [0.25, 0.3) is 5.91 Å². The maximum atomic E-state index is 12.3. The van der Waals surface area contributed by atoms with Gasteiger partial charge in [-0.3, -0.25) is 9.80 Å². The fourth-order valence-electron chi connectivity index (χ4n) is 2.62. The van der Waals surface area contributed by atoms with Gasteiger partial charge in [0.2, 0.25) is 0 Å². The summed E-state index contributed by atoms with van der Waals surface area (Å²) in [7, 11) is 1.88. The van der Waals surface area contributed by atoms with Gasteiger partial charge in [-0.05, 0) is 37.6 Å². The van der Waals surface area contributed by atoms with E-state index >= 15 is 0 Å². The molecule has 116 valence electrons. The Balaban J connectivity index is 2.02. The van der Waals surface area contributed by atoms with E-state index in [1.807, 2.05) is 91.6 Å². The predicted molar refractivity (Wildman–Crippen MR) is 94.0 cm³/mol. The molecule has 0 atom stereocenters. The zero-order valence-corrected chi connectivity index (χ0v) is 13.5. The summed E-state index contributed by atoms with van der Waals surface area (Å²) in [6.45, 7) is 3.88. The number of carbonyl (C=O) groups is 1. The van der Waals surface area contributed by atoms with Gasteiger partial charge in [-0.25, -0.2) is 5.01 Å². The van der Waals surface area contributed by atoms with Gasteiger partial charge in [-0.15, -0.1) is 0 Å². The summed E-state index contributed by atoms with van der Waals surface area (Å²) in [5, 5.41) is 3.78. The molecule has 0 bridgehead atoms. The molecule has 1 aliphatic heterocycles. The molecule has 0 saturated heterocycles. The van der Waals surface area contributed by atoms with Crippen LogP contribution in [0.3, 0.4) is 0 Å². The van der Waals surface area contributed by atoms with Crippen molar-refractivity contribution in [1.29, 1.82) is 0 Å². The largest absolute Gasteiger partial charge is 0.296 e. The number of amidine groups is 1. The van der Waals surface area contributed by atoms with Crippen LogP contribution in [0.15, 0.2) is 65.3 Å². The smallest absolute Gasteiger partial charge is 0.277 e. The fraction of sp³-hybridized carbons (Fsp3) is 0.158. The number of hydrazine groups is 1. The van der Waals surface area contributed by atoms with Crippen LogP contribution in [0.1, 0.15) is 18.1 Å². The summed E-state index contributed by atoms with van der Waals surface area (Å²) < 4.78 is 0. The number of para-hydroxylation sites is 1. The molecule has 2 aromatic rings. The number of nitrogens with zero attached hydrogens (tertiary/aromatic N) is 3. The van der Waals surface area contributed by atoms with Gasteiger partial charge in [0, 0.05) is 7.05 Å². The molecule has 4 nitrogen and oxygen atoms in total. The molecule has 1 heterocycles. The molecule has 0 aromatic heterocycles. The van der Waals surface area contributed by atoms with Crippen molar-refractivity contribution in [2.24, 2.45) is 4.99 Å². The van der Waals surface area contributed by atoms with Crippen molar-refractivity contribution in [2.75, 3.05) is 12.1 Å². The predicted octanol–water partition coefficient (Wildman–Crippen LogP) is 3.65. The second-order valence-corrected chi connectivity index (χ2v) is 5.58. The lowest BCUT2D eigenvalue weighted by Crippen LogP contribution is -2.48. The zero-order valence-electron chi connectivity index (χ0n) is 13.5.